The molecule has 0 aliphatic carbocycles. The standard InChI is InChI=1S/C7H14O2S/c1-3-4-7(2,10)5-6(8)9/h10H,3-5H2,1-2H3,(H,8,9). The molecule has 0 saturated carbocycles. The molecule has 0 aliphatic rings. The summed E-state index contributed by atoms with van der Waals surface area (Å²) in [5.74, 6) is -0.772. The van der Waals surface area contributed by atoms with Gasteiger partial charge in [0.15, 0.2) is 0 Å². The number of thiol groups is 1. The second-order valence-corrected chi connectivity index (χ2v) is 3.90. The van der Waals surface area contributed by atoms with Crippen molar-refractivity contribution < 1.29 is 9.90 Å². The van der Waals surface area contributed by atoms with Gasteiger partial charge in [-0.15, -0.1) is 0 Å². The third-order valence-corrected chi connectivity index (χ3v) is 1.70. The van der Waals surface area contributed by atoms with Gasteiger partial charge < -0.3 is 5.11 Å². The molecule has 3 heteroatoms. The topological polar surface area (TPSA) is 37.3 Å². The summed E-state index contributed by atoms with van der Waals surface area (Å²) < 4.78 is -0.333. The van der Waals surface area contributed by atoms with Gasteiger partial charge >= 0.3 is 5.97 Å². The number of rotatable bonds is 4. The molecular weight excluding hydrogens is 148 g/mol. The lowest BCUT2D eigenvalue weighted by Gasteiger charge is -2.19. The zero-order valence-electron chi connectivity index (χ0n) is 6.42. The Labute approximate surface area is 67.0 Å². The molecule has 0 aromatic carbocycles. The Morgan fingerprint density at radius 1 is 1.70 bits per heavy atom. The van der Waals surface area contributed by atoms with E-state index in [9.17, 15) is 4.79 Å². The van der Waals surface area contributed by atoms with Crippen LogP contribution in [0.15, 0.2) is 0 Å². The lowest BCUT2D eigenvalue weighted by Crippen LogP contribution is -2.20. The predicted molar refractivity (Wildman–Crippen MR) is 44.6 cm³/mol. The second kappa shape index (κ2) is 3.86. The van der Waals surface area contributed by atoms with E-state index in [1.54, 1.807) is 0 Å². The zero-order valence-corrected chi connectivity index (χ0v) is 7.32. The van der Waals surface area contributed by atoms with Gasteiger partial charge in [0.25, 0.3) is 0 Å². The van der Waals surface area contributed by atoms with Gasteiger partial charge in [-0.2, -0.15) is 12.6 Å². The van der Waals surface area contributed by atoms with Gasteiger partial charge in [-0.05, 0) is 6.42 Å². The van der Waals surface area contributed by atoms with E-state index in [1.807, 2.05) is 13.8 Å². The largest absolute Gasteiger partial charge is 0.481 e. The predicted octanol–water partition coefficient (Wildman–Crippen LogP) is 1.95. The van der Waals surface area contributed by atoms with E-state index in [2.05, 4.69) is 12.6 Å². The molecular formula is C7H14O2S. The highest BCUT2D eigenvalue weighted by atomic mass is 32.1. The molecule has 10 heavy (non-hydrogen) atoms. The monoisotopic (exact) mass is 162 g/mol. The van der Waals surface area contributed by atoms with Crippen LogP contribution >= 0.6 is 12.6 Å². The molecule has 60 valence electrons. The van der Waals surface area contributed by atoms with Crippen LogP contribution in [-0.2, 0) is 4.79 Å². The van der Waals surface area contributed by atoms with Gasteiger partial charge in [0, 0.05) is 4.75 Å². The second-order valence-electron chi connectivity index (χ2n) is 2.82. The maximum absolute atomic E-state index is 10.2. The van der Waals surface area contributed by atoms with Crippen LogP contribution in [-0.4, -0.2) is 15.8 Å². The van der Waals surface area contributed by atoms with Crippen LogP contribution in [0, 0.1) is 0 Å². The molecule has 0 spiro atoms. The molecule has 0 aromatic rings. The maximum atomic E-state index is 10.2. The Morgan fingerprint density at radius 3 is 2.50 bits per heavy atom. The quantitative estimate of drug-likeness (QED) is 0.620. The van der Waals surface area contributed by atoms with Crippen LogP contribution in [0.3, 0.4) is 0 Å². The molecule has 2 nitrogen and oxygen atoms in total. The zero-order chi connectivity index (χ0) is 8.20. The summed E-state index contributed by atoms with van der Waals surface area (Å²) in [4.78, 5) is 10.2. The molecule has 0 saturated heterocycles. The van der Waals surface area contributed by atoms with E-state index in [4.69, 9.17) is 5.11 Å². The van der Waals surface area contributed by atoms with Crippen molar-refractivity contribution in [3.8, 4) is 0 Å². The third kappa shape index (κ3) is 4.68. The number of carboxylic acids is 1. The van der Waals surface area contributed by atoms with Crippen molar-refractivity contribution in [3.63, 3.8) is 0 Å². The minimum Gasteiger partial charge on any atom is -0.481 e. The van der Waals surface area contributed by atoms with Gasteiger partial charge in [0.2, 0.25) is 0 Å². The van der Waals surface area contributed by atoms with Crippen LogP contribution in [0.25, 0.3) is 0 Å². The number of hydrogen-bond acceptors (Lipinski definition) is 2. The fourth-order valence-electron chi connectivity index (χ4n) is 0.953. The van der Waals surface area contributed by atoms with E-state index in [0.29, 0.717) is 0 Å². The highest BCUT2D eigenvalue weighted by Gasteiger charge is 2.21. The van der Waals surface area contributed by atoms with Crippen molar-refractivity contribution in [2.75, 3.05) is 0 Å². The first-order valence-electron chi connectivity index (χ1n) is 3.42. The van der Waals surface area contributed by atoms with Crippen LogP contribution in [0.1, 0.15) is 33.1 Å². The summed E-state index contributed by atoms with van der Waals surface area (Å²) in [5, 5.41) is 8.43. The Morgan fingerprint density at radius 2 is 2.20 bits per heavy atom. The van der Waals surface area contributed by atoms with E-state index >= 15 is 0 Å². The van der Waals surface area contributed by atoms with Gasteiger partial charge in [-0.25, -0.2) is 0 Å². The van der Waals surface area contributed by atoms with E-state index in [0.717, 1.165) is 12.8 Å². The summed E-state index contributed by atoms with van der Waals surface area (Å²) in [6, 6.07) is 0. The molecule has 0 amide bonds. The highest BCUT2D eigenvalue weighted by molar-refractivity contribution is 7.81. The SMILES string of the molecule is CCCC(C)(S)CC(=O)O. The van der Waals surface area contributed by atoms with Crippen molar-refractivity contribution in [2.45, 2.75) is 37.9 Å². The van der Waals surface area contributed by atoms with Crippen LogP contribution < -0.4 is 0 Å². The van der Waals surface area contributed by atoms with Crippen molar-refractivity contribution in [1.82, 2.24) is 0 Å². The Kier molecular flexibility index (Phi) is 3.79. The highest BCUT2D eigenvalue weighted by Crippen LogP contribution is 2.23. The lowest BCUT2D eigenvalue weighted by molar-refractivity contribution is -0.137. The van der Waals surface area contributed by atoms with E-state index < -0.39 is 5.97 Å². The molecule has 0 bridgehead atoms. The average molecular weight is 162 g/mol. The first kappa shape index (κ1) is 9.82. The smallest absolute Gasteiger partial charge is 0.304 e. The average Bonchev–Trinajstić information content (AvgIpc) is 1.59. The fraction of sp³-hybridized carbons (Fsp3) is 0.857. The van der Waals surface area contributed by atoms with E-state index in [-0.39, 0.29) is 11.2 Å². The van der Waals surface area contributed by atoms with Crippen LogP contribution in [0.4, 0.5) is 0 Å². The number of hydrogen-bond donors (Lipinski definition) is 2. The molecule has 0 fully saturated rings. The molecule has 0 radical (unpaired) electrons. The summed E-state index contributed by atoms with van der Waals surface area (Å²) in [7, 11) is 0. The molecule has 1 N–H and O–H groups in total. The summed E-state index contributed by atoms with van der Waals surface area (Å²) >= 11 is 4.23. The minimum absolute atomic E-state index is 0.143. The normalized spacial score (nSPS) is 16.3. The Hall–Kier alpha value is -0.180. The number of carbonyl (C=O) groups is 1. The van der Waals surface area contributed by atoms with Gasteiger partial charge in [0.05, 0.1) is 6.42 Å². The first-order valence-corrected chi connectivity index (χ1v) is 3.87. The molecule has 0 aromatic heterocycles. The summed E-state index contributed by atoms with van der Waals surface area (Å²) in [6.07, 6.45) is 1.97. The molecule has 0 heterocycles. The Bertz CT molecular complexity index is 121. The third-order valence-electron chi connectivity index (χ3n) is 1.32. The lowest BCUT2D eigenvalue weighted by atomic mass is 10.0. The maximum Gasteiger partial charge on any atom is 0.304 e. The molecule has 1 atom stereocenters. The summed E-state index contributed by atoms with van der Waals surface area (Å²) in [6.45, 7) is 3.88. The Balaban J connectivity index is 3.74. The van der Waals surface area contributed by atoms with E-state index in [1.165, 1.54) is 0 Å². The first-order chi connectivity index (χ1) is 4.48. The number of carboxylic acid groups (broad SMARTS) is 1. The fourth-order valence-corrected chi connectivity index (χ4v) is 1.31. The van der Waals surface area contributed by atoms with Gasteiger partial charge in [-0.3, -0.25) is 4.79 Å². The molecule has 0 rings (SSSR count). The van der Waals surface area contributed by atoms with Crippen molar-refractivity contribution in [3.05, 3.63) is 0 Å². The van der Waals surface area contributed by atoms with Crippen molar-refractivity contribution >= 4 is 18.6 Å². The molecule has 0 aliphatic heterocycles. The van der Waals surface area contributed by atoms with Gasteiger partial charge in [-0.1, -0.05) is 20.3 Å². The summed E-state index contributed by atoms with van der Waals surface area (Å²) in [5.41, 5.74) is 0. The number of aliphatic carboxylic acids is 1. The molecule has 1 unspecified atom stereocenters. The van der Waals surface area contributed by atoms with Gasteiger partial charge in [0.1, 0.15) is 0 Å². The minimum atomic E-state index is -0.772. The van der Waals surface area contributed by atoms with Crippen LogP contribution in [0.2, 0.25) is 0 Å². The van der Waals surface area contributed by atoms with Crippen molar-refractivity contribution in [1.29, 1.82) is 0 Å². The van der Waals surface area contributed by atoms with Crippen molar-refractivity contribution in [2.24, 2.45) is 0 Å². The van der Waals surface area contributed by atoms with Crippen LogP contribution in [0.5, 0.6) is 0 Å².